The van der Waals surface area contributed by atoms with E-state index in [1.807, 2.05) is 19.9 Å². The molecule has 4 aromatic carbocycles. The highest BCUT2D eigenvalue weighted by Crippen LogP contribution is 2.55. The van der Waals surface area contributed by atoms with Crippen LogP contribution in [0.3, 0.4) is 0 Å². The molecule has 2 N–H and O–H groups in total. The Morgan fingerprint density at radius 2 is 1.10 bits per heavy atom. The van der Waals surface area contributed by atoms with Crippen LogP contribution in [0, 0.1) is 0 Å². The van der Waals surface area contributed by atoms with Crippen molar-refractivity contribution in [2.24, 2.45) is 0 Å². The molecule has 0 aromatic heterocycles. The van der Waals surface area contributed by atoms with Gasteiger partial charge in [0.15, 0.2) is 0 Å². The molecule has 1 aliphatic carbocycles. The standard InChI is InChI=1S/C35H38B2O4/c1-31(2,38)34(6)33(5,39)32(3,4)40-36-25-15-11-13-23(21-25)35(24-14-12-16-26(22-24)37-41-34)29-19-9-7-17-27(29)28-18-8-10-20-30(28)35/h7-22,36-39H,1-6H3. The van der Waals surface area contributed by atoms with E-state index in [-0.39, 0.29) is 7.48 Å². The maximum Gasteiger partial charge on any atom is 0.309 e. The molecule has 41 heavy (non-hydrogen) atoms. The van der Waals surface area contributed by atoms with Crippen LogP contribution in [0.4, 0.5) is 0 Å². The lowest BCUT2D eigenvalue weighted by Gasteiger charge is -2.56. The molecular formula is C35H38B2O4. The molecule has 4 aromatic rings. The summed E-state index contributed by atoms with van der Waals surface area (Å²) in [5.74, 6) is 0. The molecule has 0 saturated carbocycles. The minimum Gasteiger partial charge on any atom is -0.427 e. The van der Waals surface area contributed by atoms with Crippen molar-refractivity contribution < 1.29 is 19.5 Å². The predicted molar refractivity (Wildman–Crippen MR) is 169 cm³/mol. The first-order chi connectivity index (χ1) is 19.3. The van der Waals surface area contributed by atoms with Gasteiger partial charge in [-0.15, -0.1) is 0 Å². The summed E-state index contributed by atoms with van der Waals surface area (Å²) in [4.78, 5) is 0. The number of hydrogen-bond acceptors (Lipinski definition) is 4. The molecule has 208 valence electrons. The molecule has 2 atom stereocenters. The Labute approximate surface area is 244 Å². The van der Waals surface area contributed by atoms with Crippen molar-refractivity contribution in [1.82, 2.24) is 0 Å². The van der Waals surface area contributed by atoms with Crippen molar-refractivity contribution in [2.75, 3.05) is 0 Å². The quantitative estimate of drug-likeness (QED) is 0.312. The van der Waals surface area contributed by atoms with E-state index in [2.05, 4.69) is 91.0 Å². The fourth-order valence-corrected chi connectivity index (χ4v) is 6.93. The summed E-state index contributed by atoms with van der Waals surface area (Å²) in [5, 5.41) is 23.5. The number of hydrogen-bond donors (Lipinski definition) is 2. The Kier molecular flexibility index (Phi) is 6.44. The highest BCUT2D eigenvalue weighted by molar-refractivity contribution is 6.47. The van der Waals surface area contributed by atoms with Gasteiger partial charge in [-0.3, -0.25) is 0 Å². The third kappa shape index (κ3) is 3.99. The van der Waals surface area contributed by atoms with Crippen molar-refractivity contribution >= 4 is 25.9 Å². The zero-order valence-electron chi connectivity index (χ0n) is 24.9. The summed E-state index contributed by atoms with van der Waals surface area (Å²) >= 11 is 0. The van der Waals surface area contributed by atoms with E-state index in [0.717, 1.165) is 22.1 Å². The third-order valence-electron chi connectivity index (χ3n) is 10.1. The maximum atomic E-state index is 12.1. The molecule has 6 heteroatoms. The third-order valence-corrected chi connectivity index (χ3v) is 10.1. The molecule has 4 bridgehead atoms. The molecule has 6 rings (SSSR count). The van der Waals surface area contributed by atoms with Gasteiger partial charge >= 0.3 is 15.0 Å². The van der Waals surface area contributed by atoms with Gasteiger partial charge in [0.05, 0.1) is 16.6 Å². The summed E-state index contributed by atoms with van der Waals surface area (Å²) in [6.07, 6.45) is 0. The van der Waals surface area contributed by atoms with E-state index in [1.54, 1.807) is 27.7 Å². The Balaban J connectivity index is 1.64. The second-order valence-corrected chi connectivity index (χ2v) is 13.0. The number of aliphatic hydroxyl groups is 2. The average Bonchev–Trinajstić information content (AvgIpc) is 3.25. The Hall–Kier alpha value is -3.15. The van der Waals surface area contributed by atoms with Gasteiger partial charge in [0, 0.05) is 0 Å². The van der Waals surface area contributed by atoms with Crippen LogP contribution >= 0.6 is 0 Å². The highest BCUT2D eigenvalue weighted by atomic mass is 16.5. The van der Waals surface area contributed by atoms with Crippen molar-refractivity contribution in [1.29, 1.82) is 0 Å². The van der Waals surface area contributed by atoms with Crippen LogP contribution < -0.4 is 10.9 Å². The molecule has 0 fully saturated rings. The van der Waals surface area contributed by atoms with E-state index < -0.39 is 27.8 Å². The van der Waals surface area contributed by atoms with Crippen LogP contribution in [-0.4, -0.2) is 47.6 Å². The van der Waals surface area contributed by atoms with E-state index in [0.29, 0.717) is 7.48 Å². The van der Waals surface area contributed by atoms with E-state index in [1.165, 1.54) is 22.3 Å². The maximum absolute atomic E-state index is 12.1. The first kappa shape index (κ1) is 28.0. The van der Waals surface area contributed by atoms with E-state index >= 15 is 0 Å². The number of rotatable bonds is 1. The second-order valence-electron chi connectivity index (χ2n) is 13.0. The molecule has 2 aliphatic rings. The smallest absolute Gasteiger partial charge is 0.309 e. The molecule has 1 aliphatic heterocycles. The molecule has 0 saturated heterocycles. The molecule has 1 spiro atoms. The van der Waals surface area contributed by atoms with Crippen molar-refractivity contribution in [3.05, 3.63) is 119 Å². The first-order valence-corrected chi connectivity index (χ1v) is 14.4. The molecule has 0 amide bonds. The summed E-state index contributed by atoms with van der Waals surface area (Å²) in [6, 6.07) is 34.6. The van der Waals surface area contributed by atoms with Crippen molar-refractivity contribution in [3.63, 3.8) is 0 Å². The minimum absolute atomic E-state index is 0.208. The number of benzene rings is 4. The Morgan fingerprint density at radius 1 is 0.634 bits per heavy atom. The minimum atomic E-state index is -1.55. The lowest BCUT2D eigenvalue weighted by molar-refractivity contribution is -0.254. The lowest BCUT2D eigenvalue weighted by Crippen LogP contribution is -2.72. The lowest BCUT2D eigenvalue weighted by atomic mass is 9.63. The second kappa shape index (κ2) is 9.43. The zero-order valence-corrected chi connectivity index (χ0v) is 24.9. The molecule has 0 radical (unpaired) electrons. The largest absolute Gasteiger partial charge is 0.427 e. The Morgan fingerprint density at radius 3 is 1.59 bits per heavy atom. The Bertz CT molecular complexity index is 1580. The van der Waals surface area contributed by atoms with Gasteiger partial charge in [-0.05, 0) is 74.9 Å². The molecular weight excluding hydrogens is 506 g/mol. The van der Waals surface area contributed by atoms with Crippen LogP contribution in [0.5, 0.6) is 0 Å². The van der Waals surface area contributed by atoms with Crippen LogP contribution in [0.25, 0.3) is 11.1 Å². The van der Waals surface area contributed by atoms with Crippen molar-refractivity contribution in [3.8, 4) is 11.1 Å². The molecule has 1 heterocycles. The SMILES string of the molecule is CC(C)(O)C1(C)OBc2cccc(c2)C2(c3cccc(c3)BOC(C)(C)C1(C)O)c1ccccc1-c1ccccc12. The fraction of sp³-hybridized carbons (Fsp3) is 0.314. The van der Waals surface area contributed by atoms with Crippen LogP contribution in [0.1, 0.15) is 63.8 Å². The van der Waals surface area contributed by atoms with Gasteiger partial charge in [-0.2, -0.15) is 0 Å². The van der Waals surface area contributed by atoms with Crippen LogP contribution in [0.15, 0.2) is 97.1 Å². The number of fused-ring (bicyclic) bond motifs is 11. The summed E-state index contributed by atoms with van der Waals surface area (Å²) in [5.41, 5.74) is 3.34. The van der Waals surface area contributed by atoms with Crippen molar-refractivity contribution in [2.45, 2.75) is 69.4 Å². The fourth-order valence-electron chi connectivity index (χ4n) is 6.93. The molecule has 2 unspecified atom stereocenters. The highest BCUT2D eigenvalue weighted by Gasteiger charge is 2.60. The van der Waals surface area contributed by atoms with E-state index in [9.17, 15) is 10.2 Å². The summed E-state index contributed by atoms with van der Waals surface area (Å²) in [7, 11) is 0.498. The van der Waals surface area contributed by atoms with Gasteiger partial charge in [0.2, 0.25) is 0 Å². The topological polar surface area (TPSA) is 58.9 Å². The first-order valence-electron chi connectivity index (χ1n) is 14.4. The van der Waals surface area contributed by atoms with E-state index in [4.69, 9.17) is 9.31 Å². The normalized spacial score (nSPS) is 24.4. The predicted octanol–water partition coefficient (Wildman–Crippen LogP) is 4.11. The van der Waals surface area contributed by atoms with Crippen LogP contribution in [0.2, 0.25) is 0 Å². The van der Waals surface area contributed by atoms with Crippen LogP contribution in [-0.2, 0) is 14.7 Å². The summed E-state index contributed by atoms with van der Waals surface area (Å²) in [6.45, 7) is 10.6. The zero-order chi connectivity index (χ0) is 29.3. The van der Waals surface area contributed by atoms with Gasteiger partial charge in [0.25, 0.3) is 0 Å². The monoisotopic (exact) mass is 544 g/mol. The van der Waals surface area contributed by atoms with Gasteiger partial charge in [-0.25, -0.2) is 0 Å². The summed E-state index contributed by atoms with van der Waals surface area (Å²) < 4.78 is 13.1. The molecule has 4 nitrogen and oxygen atoms in total. The average molecular weight is 544 g/mol. The van der Waals surface area contributed by atoms with Gasteiger partial charge in [-0.1, -0.05) is 108 Å². The van der Waals surface area contributed by atoms with Gasteiger partial charge < -0.3 is 19.5 Å². The van der Waals surface area contributed by atoms with Gasteiger partial charge in [0.1, 0.15) is 11.2 Å².